The maximum absolute atomic E-state index is 12.5. The number of carbonyl (C=O) groups is 3. The molecule has 0 aliphatic carbocycles. The molecule has 0 saturated carbocycles. The highest BCUT2D eigenvalue weighted by Crippen LogP contribution is 2.35. The van der Waals surface area contributed by atoms with Crippen LogP contribution in [0.2, 0.25) is 0 Å². The van der Waals surface area contributed by atoms with Gasteiger partial charge >= 0.3 is 11.9 Å². The smallest absolute Gasteiger partial charge is 0.326 e. The molecule has 3 N–H and O–H groups in total. The van der Waals surface area contributed by atoms with Crippen LogP contribution in [0.4, 0.5) is 0 Å². The Bertz CT molecular complexity index is 794. The Morgan fingerprint density at radius 1 is 1.36 bits per heavy atom. The molecule has 0 aromatic heterocycles. The molecule has 7 nitrogen and oxygen atoms in total. The molecule has 132 valence electrons. The first-order valence-electron chi connectivity index (χ1n) is 6.91. The van der Waals surface area contributed by atoms with Crippen molar-refractivity contribution < 1.29 is 29.7 Å². The zero-order valence-corrected chi connectivity index (χ0v) is 15.7. The van der Waals surface area contributed by atoms with Crippen molar-refractivity contribution in [2.24, 2.45) is 0 Å². The van der Waals surface area contributed by atoms with Gasteiger partial charge in [0.15, 0.2) is 0 Å². The normalized spacial score (nSPS) is 17.2. The molecule has 1 heterocycles. The average Bonchev–Trinajstić information content (AvgIpc) is 2.78. The zero-order valence-electron chi connectivity index (χ0n) is 12.5. The molecule has 0 spiro atoms. The number of hydrogen-bond acceptors (Lipinski definition) is 6. The van der Waals surface area contributed by atoms with Crippen LogP contribution in [0.15, 0.2) is 27.6 Å². The predicted octanol–water partition coefficient (Wildman–Crippen LogP) is 2.67. The molecule has 1 aromatic carbocycles. The molecule has 2 rings (SSSR count). The highest BCUT2D eigenvalue weighted by Gasteiger charge is 2.40. The van der Waals surface area contributed by atoms with Crippen molar-refractivity contribution in [3.05, 3.63) is 33.1 Å². The largest absolute Gasteiger partial charge is 0.507 e. The average molecular weight is 446 g/mol. The van der Waals surface area contributed by atoms with Crippen LogP contribution in [-0.2, 0) is 14.4 Å². The van der Waals surface area contributed by atoms with Crippen LogP contribution in [0.1, 0.15) is 18.4 Å². The summed E-state index contributed by atoms with van der Waals surface area (Å²) in [5, 5.41) is 27.6. The van der Waals surface area contributed by atoms with E-state index in [9.17, 15) is 24.6 Å². The number of nitrogens with zero attached hydrogens (tertiary/aromatic N) is 1. The monoisotopic (exact) mass is 445 g/mol. The molecule has 1 aliphatic rings. The Morgan fingerprint density at radius 3 is 2.60 bits per heavy atom. The Morgan fingerprint density at radius 2 is 2.04 bits per heavy atom. The van der Waals surface area contributed by atoms with E-state index in [1.807, 2.05) is 0 Å². The Hall–Kier alpha value is -1.91. The summed E-state index contributed by atoms with van der Waals surface area (Å²) in [4.78, 5) is 35.8. The van der Waals surface area contributed by atoms with Gasteiger partial charge in [0.1, 0.15) is 16.1 Å². The highest BCUT2D eigenvalue weighted by atomic mass is 79.9. The van der Waals surface area contributed by atoms with Crippen molar-refractivity contribution in [3.8, 4) is 5.75 Å². The fourth-order valence-electron chi connectivity index (χ4n) is 2.14. The molecular formula is C15H12BrNO6S2. The molecule has 0 unspecified atom stereocenters. The van der Waals surface area contributed by atoms with Crippen molar-refractivity contribution in [1.82, 2.24) is 4.90 Å². The minimum Gasteiger partial charge on any atom is -0.507 e. The summed E-state index contributed by atoms with van der Waals surface area (Å²) in [6.07, 6.45) is 0.896. The molecule has 1 fully saturated rings. The lowest BCUT2D eigenvalue weighted by atomic mass is 10.1. The van der Waals surface area contributed by atoms with Crippen LogP contribution in [0, 0.1) is 0 Å². The van der Waals surface area contributed by atoms with Gasteiger partial charge in [-0.15, -0.1) is 0 Å². The molecule has 1 atom stereocenters. The number of thiocarbonyl (C=S) groups is 1. The second-order valence-electron chi connectivity index (χ2n) is 5.05. The standard InChI is InChI=1S/C15H12BrNO6S2/c16-8-5-7(1-3-10(8)18)6-11-13(21)17(15(24)25-11)9(14(22)23)2-4-12(19)20/h1,3,5-6,9,18H,2,4H2,(H,19,20)(H,22,23)/b11-6-/t9-/m1/s1. The topological polar surface area (TPSA) is 115 Å². The maximum Gasteiger partial charge on any atom is 0.326 e. The predicted molar refractivity (Wildman–Crippen MR) is 99.1 cm³/mol. The van der Waals surface area contributed by atoms with Crippen molar-refractivity contribution in [3.63, 3.8) is 0 Å². The number of phenolic OH excluding ortho intramolecular Hbond substituents is 1. The number of carboxylic acids is 2. The van der Waals surface area contributed by atoms with Gasteiger partial charge in [-0.25, -0.2) is 4.79 Å². The number of amides is 1. The fraction of sp³-hybridized carbons (Fsp3) is 0.200. The van der Waals surface area contributed by atoms with Crippen LogP contribution in [0.25, 0.3) is 6.08 Å². The molecular weight excluding hydrogens is 434 g/mol. The van der Waals surface area contributed by atoms with Crippen molar-refractivity contribution >= 4 is 68.2 Å². The summed E-state index contributed by atoms with van der Waals surface area (Å²) >= 11 is 9.22. The van der Waals surface area contributed by atoms with Gasteiger partial charge in [0.2, 0.25) is 0 Å². The van der Waals surface area contributed by atoms with Gasteiger partial charge in [0.05, 0.1) is 9.38 Å². The number of benzene rings is 1. The number of halogens is 1. The summed E-state index contributed by atoms with van der Waals surface area (Å²) < 4.78 is 0.508. The van der Waals surface area contributed by atoms with E-state index in [1.54, 1.807) is 12.1 Å². The summed E-state index contributed by atoms with van der Waals surface area (Å²) in [7, 11) is 0. The third kappa shape index (κ3) is 4.59. The minimum absolute atomic E-state index is 0.0457. The van der Waals surface area contributed by atoms with Gasteiger partial charge in [-0.05, 0) is 46.1 Å². The summed E-state index contributed by atoms with van der Waals surface area (Å²) in [5.41, 5.74) is 0.614. The molecule has 10 heteroatoms. The lowest BCUT2D eigenvalue weighted by Gasteiger charge is -2.22. The summed E-state index contributed by atoms with van der Waals surface area (Å²) in [6.45, 7) is 0. The zero-order chi connectivity index (χ0) is 18.7. The number of rotatable bonds is 6. The van der Waals surface area contributed by atoms with E-state index in [1.165, 1.54) is 12.1 Å². The first kappa shape index (κ1) is 19.4. The van der Waals surface area contributed by atoms with Crippen molar-refractivity contribution in [2.45, 2.75) is 18.9 Å². The Kier molecular flexibility index (Phi) is 6.20. The lowest BCUT2D eigenvalue weighted by molar-refractivity contribution is -0.146. The van der Waals surface area contributed by atoms with Crippen LogP contribution in [0.5, 0.6) is 5.75 Å². The van der Waals surface area contributed by atoms with Crippen LogP contribution < -0.4 is 0 Å². The quantitative estimate of drug-likeness (QED) is 0.452. The highest BCUT2D eigenvalue weighted by molar-refractivity contribution is 9.10. The van der Waals surface area contributed by atoms with E-state index in [4.69, 9.17) is 17.3 Å². The molecule has 1 amide bonds. The van der Waals surface area contributed by atoms with Crippen LogP contribution in [-0.4, -0.2) is 48.4 Å². The number of carboxylic acid groups (broad SMARTS) is 2. The first-order valence-corrected chi connectivity index (χ1v) is 8.92. The van der Waals surface area contributed by atoms with Gasteiger partial charge in [-0.2, -0.15) is 0 Å². The third-order valence-corrected chi connectivity index (χ3v) is 5.29. The van der Waals surface area contributed by atoms with Crippen molar-refractivity contribution in [1.29, 1.82) is 0 Å². The minimum atomic E-state index is -1.33. The number of thioether (sulfide) groups is 1. The third-order valence-electron chi connectivity index (χ3n) is 3.32. The van der Waals surface area contributed by atoms with E-state index in [-0.39, 0.29) is 21.4 Å². The van der Waals surface area contributed by atoms with Gasteiger partial charge < -0.3 is 15.3 Å². The Labute approximate surface area is 160 Å². The number of carbonyl (C=O) groups excluding carboxylic acids is 1. The van der Waals surface area contributed by atoms with Gasteiger partial charge in [-0.1, -0.05) is 30.0 Å². The first-order chi connectivity index (χ1) is 11.7. The van der Waals surface area contributed by atoms with Crippen LogP contribution in [0.3, 0.4) is 0 Å². The van der Waals surface area contributed by atoms with Gasteiger partial charge in [0, 0.05) is 6.42 Å². The Balaban J connectivity index is 2.28. The van der Waals surface area contributed by atoms with Crippen LogP contribution >= 0.6 is 39.9 Å². The summed E-state index contributed by atoms with van der Waals surface area (Å²) in [5.74, 6) is -3.01. The number of hydrogen-bond donors (Lipinski definition) is 3. The second kappa shape index (κ2) is 7.98. The van der Waals surface area contributed by atoms with E-state index in [0.717, 1.165) is 16.7 Å². The molecule has 0 radical (unpaired) electrons. The molecule has 25 heavy (non-hydrogen) atoms. The van der Waals surface area contributed by atoms with Crippen molar-refractivity contribution in [2.75, 3.05) is 0 Å². The second-order valence-corrected chi connectivity index (χ2v) is 7.58. The van der Waals surface area contributed by atoms with E-state index in [0.29, 0.717) is 10.0 Å². The van der Waals surface area contributed by atoms with E-state index < -0.39 is 30.3 Å². The van der Waals surface area contributed by atoms with E-state index in [2.05, 4.69) is 15.9 Å². The number of aliphatic carboxylic acids is 2. The van der Waals surface area contributed by atoms with Gasteiger partial charge in [-0.3, -0.25) is 14.5 Å². The fourth-order valence-corrected chi connectivity index (χ4v) is 3.89. The molecule has 1 saturated heterocycles. The van der Waals surface area contributed by atoms with E-state index >= 15 is 0 Å². The molecule has 1 aliphatic heterocycles. The molecule has 1 aromatic rings. The lowest BCUT2D eigenvalue weighted by Crippen LogP contribution is -2.44. The SMILES string of the molecule is O=C(O)CC[C@H](C(=O)O)N1C(=O)/C(=C/c2ccc(O)c(Br)c2)SC1=S. The number of phenols is 1. The van der Waals surface area contributed by atoms with Gasteiger partial charge in [0.25, 0.3) is 5.91 Å². The summed E-state index contributed by atoms with van der Waals surface area (Å²) in [6, 6.07) is 3.30. The number of aromatic hydroxyl groups is 1. The maximum atomic E-state index is 12.5. The molecule has 0 bridgehead atoms.